The number of rotatable bonds is 8. The van der Waals surface area contributed by atoms with E-state index >= 15 is 0 Å². The summed E-state index contributed by atoms with van der Waals surface area (Å²) >= 11 is 0. The average molecular weight is 382 g/mol. The fourth-order valence-corrected chi connectivity index (χ4v) is 3.65. The summed E-state index contributed by atoms with van der Waals surface area (Å²) in [5, 5.41) is 0. The Morgan fingerprint density at radius 1 is 0.828 bits per heavy atom. The molecule has 4 rings (SSSR count). The van der Waals surface area contributed by atoms with Gasteiger partial charge in [-0.1, -0.05) is 78.9 Å². The van der Waals surface area contributed by atoms with Crippen LogP contribution in [0.3, 0.4) is 0 Å². The number of imidazole rings is 1. The molecule has 0 aliphatic carbocycles. The van der Waals surface area contributed by atoms with Crippen molar-refractivity contribution in [1.29, 1.82) is 0 Å². The molecule has 0 fully saturated rings. The number of Topliss-reactive ketones (excluding diaryl/α,β-unsaturated/α-hetero) is 1. The van der Waals surface area contributed by atoms with Gasteiger partial charge in [-0.3, -0.25) is 4.79 Å². The molecular weight excluding hydrogens is 360 g/mol. The molecule has 0 radical (unpaired) electrons. The molecule has 144 valence electrons. The Morgan fingerprint density at radius 3 is 1.90 bits per heavy atom. The molecule has 0 bridgehead atoms. The lowest BCUT2D eigenvalue weighted by atomic mass is 9.71. The predicted molar refractivity (Wildman–Crippen MR) is 113 cm³/mol. The van der Waals surface area contributed by atoms with Gasteiger partial charge in [-0.2, -0.15) is 0 Å². The van der Waals surface area contributed by atoms with Gasteiger partial charge in [-0.05, 0) is 23.3 Å². The quantitative estimate of drug-likeness (QED) is 0.450. The van der Waals surface area contributed by atoms with Crippen LogP contribution < -0.4 is 4.74 Å². The van der Waals surface area contributed by atoms with Gasteiger partial charge in [0, 0.05) is 18.9 Å². The van der Waals surface area contributed by atoms with E-state index < -0.39 is 5.41 Å². The van der Waals surface area contributed by atoms with Crippen LogP contribution in [0.4, 0.5) is 0 Å². The summed E-state index contributed by atoms with van der Waals surface area (Å²) in [6, 6.07) is 29.2. The highest BCUT2D eigenvalue weighted by Gasteiger charge is 2.42. The van der Waals surface area contributed by atoms with Crippen molar-refractivity contribution in [1.82, 2.24) is 9.55 Å². The Kier molecular flexibility index (Phi) is 5.52. The van der Waals surface area contributed by atoms with Gasteiger partial charge in [0.15, 0.2) is 5.78 Å². The molecule has 29 heavy (non-hydrogen) atoms. The highest BCUT2D eigenvalue weighted by atomic mass is 16.5. The lowest BCUT2D eigenvalue weighted by Gasteiger charge is -2.34. The highest BCUT2D eigenvalue weighted by Crippen LogP contribution is 2.35. The number of hydrogen-bond acceptors (Lipinski definition) is 3. The lowest BCUT2D eigenvalue weighted by molar-refractivity contribution is -0.125. The molecule has 3 aromatic carbocycles. The Bertz CT molecular complexity index is 991. The van der Waals surface area contributed by atoms with Crippen molar-refractivity contribution in [2.24, 2.45) is 0 Å². The third-order valence-corrected chi connectivity index (χ3v) is 5.10. The number of ether oxygens (including phenoxy) is 1. The van der Waals surface area contributed by atoms with Gasteiger partial charge in [0.05, 0.1) is 6.33 Å². The molecule has 0 unspecified atom stereocenters. The summed E-state index contributed by atoms with van der Waals surface area (Å²) in [4.78, 5) is 18.0. The van der Waals surface area contributed by atoms with E-state index in [1.165, 1.54) is 0 Å². The number of carbonyl (C=O) groups excluding carboxylic acids is 1. The summed E-state index contributed by atoms with van der Waals surface area (Å²) in [7, 11) is 0. The fourth-order valence-electron chi connectivity index (χ4n) is 3.65. The first kappa shape index (κ1) is 18.7. The Morgan fingerprint density at radius 2 is 1.38 bits per heavy atom. The average Bonchev–Trinajstić information content (AvgIpc) is 3.31. The molecule has 0 N–H and O–H groups in total. The zero-order valence-electron chi connectivity index (χ0n) is 16.0. The van der Waals surface area contributed by atoms with Crippen LogP contribution >= 0.6 is 0 Å². The van der Waals surface area contributed by atoms with Gasteiger partial charge in [0.2, 0.25) is 0 Å². The SMILES string of the molecule is O=C(COc1ccccc1)C(Cn1ccnc1)(c1ccccc1)c1ccccc1. The minimum absolute atomic E-state index is 0.00699. The van der Waals surface area contributed by atoms with Crippen LogP contribution in [-0.4, -0.2) is 21.9 Å². The number of benzene rings is 3. The number of aromatic nitrogens is 2. The van der Waals surface area contributed by atoms with E-state index in [0.29, 0.717) is 12.3 Å². The Balaban J connectivity index is 1.79. The minimum atomic E-state index is -0.891. The summed E-state index contributed by atoms with van der Waals surface area (Å²) < 4.78 is 7.81. The predicted octanol–water partition coefficient (Wildman–Crippen LogP) is 4.52. The van der Waals surface area contributed by atoms with Gasteiger partial charge in [-0.25, -0.2) is 4.98 Å². The molecule has 0 saturated heterocycles. The molecule has 4 heteroatoms. The first-order chi connectivity index (χ1) is 14.3. The molecule has 0 atom stereocenters. The zero-order chi connectivity index (χ0) is 19.9. The van der Waals surface area contributed by atoms with Crippen molar-refractivity contribution in [3.63, 3.8) is 0 Å². The fraction of sp³-hybridized carbons (Fsp3) is 0.120. The largest absolute Gasteiger partial charge is 0.486 e. The van der Waals surface area contributed by atoms with E-state index in [0.717, 1.165) is 11.1 Å². The maximum atomic E-state index is 13.8. The summed E-state index contributed by atoms with van der Waals surface area (Å²) in [5.41, 5.74) is 0.973. The van der Waals surface area contributed by atoms with Gasteiger partial charge in [0.25, 0.3) is 0 Å². The van der Waals surface area contributed by atoms with Crippen LogP contribution in [0.2, 0.25) is 0 Å². The van der Waals surface area contributed by atoms with E-state index in [-0.39, 0.29) is 12.4 Å². The molecule has 4 aromatic rings. The van der Waals surface area contributed by atoms with Crippen LogP contribution in [0.5, 0.6) is 5.75 Å². The van der Waals surface area contributed by atoms with E-state index in [4.69, 9.17) is 4.74 Å². The summed E-state index contributed by atoms with van der Waals surface area (Å²) in [6.07, 6.45) is 5.35. The van der Waals surface area contributed by atoms with E-state index in [1.54, 1.807) is 12.5 Å². The summed E-state index contributed by atoms with van der Waals surface area (Å²) in [5.74, 6) is 0.672. The second-order valence-corrected chi connectivity index (χ2v) is 6.90. The molecule has 0 spiro atoms. The maximum absolute atomic E-state index is 13.8. The zero-order valence-corrected chi connectivity index (χ0v) is 16.0. The van der Waals surface area contributed by atoms with E-state index in [1.807, 2.05) is 102 Å². The first-order valence-electron chi connectivity index (χ1n) is 9.57. The second kappa shape index (κ2) is 8.57. The van der Waals surface area contributed by atoms with Crippen LogP contribution in [0.25, 0.3) is 0 Å². The monoisotopic (exact) mass is 382 g/mol. The molecule has 0 amide bonds. The number of para-hydroxylation sites is 1. The number of nitrogens with zero attached hydrogens (tertiary/aromatic N) is 2. The second-order valence-electron chi connectivity index (χ2n) is 6.90. The molecule has 4 nitrogen and oxygen atoms in total. The lowest BCUT2D eigenvalue weighted by Crippen LogP contribution is -2.44. The smallest absolute Gasteiger partial charge is 0.186 e. The van der Waals surface area contributed by atoms with Gasteiger partial charge in [-0.15, -0.1) is 0 Å². The third-order valence-electron chi connectivity index (χ3n) is 5.10. The maximum Gasteiger partial charge on any atom is 0.186 e. The highest BCUT2D eigenvalue weighted by molar-refractivity contribution is 5.95. The van der Waals surface area contributed by atoms with Gasteiger partial charge < -0.3 is 9.30 Å². The van der Waals surface area contributed by atoms with Crippen molar-refractivity contribution < 1.29 is 9.53 Å². The van der Waals surface area contributed by atoms with Crippen molar-refractivity contribution in [2.45, 2.75) is 12.0 Å². The van der Waals surface area contributed by atoms with Gasteiger partial charge >= 0.3 is 0 Å². The first-order valence-corrected chi connectivity index (χ1v) is 9.57. The molecule has 1 aromatic heterocycles. The van der Waals surface area contributed by atoms with Crippen LogP contribution in [-0.2, 0) is 16.8 Å². The molecule has 0 aliphatic heterocycles. The van der Waals surface area contributed by atoms with E-state index in [9.17, 15) is 4.79 Å². The number of hydrogen-bond donors (Lipinski definition) is 0. The van der Waals surface area contributed by atoms with Crippen LogP contribution in [0, 0.1) is 0 Å². The van der Waals surface area contributed by atoms with E-state index in [2.05, 4.69) is 4.98 Å². The molecule has 0 aliphatic rings. The topological polar surface area (TPSA) is 44.1 Å². The number of ketones is 1. The van der Waals surface area contributed by atoms with Gasteiger partial charge in [0.1, 0.15) is 17.8 Å². The molecular formula is C25H22N2O2. The molecule has 0 saturated carbocycles. The van der Waals surface area contributed by atoms with Crippen LogP contribution in [0.15, 0.2) is 110 Å². The van der Waals surface area contributed by atoms with Crippen molar-refractivity contribution in [3.8, 4) is 5.75 Å². The number of carbonyl (C=O) groups is 1. The molecule has 1 heterocycles. The normalized spacial score (nSPS) is 11.2. The third kappa shape index (κ3) is 3.97. The Hall–Kier alpha value is -3.66. The van der Waals surface area contributed by atoms with Crippen molar-refractivity contribution in [3.05, 3.63) is 121 Å². The minimum Gasteiger partial charge on any atom is -0.486 e. The Labute approximate surface area is 170 Å². The standard InChI is InChI=1S/C25H22N2O2/c28-24(18-29-23-14-8-3-9-15-23)25(19-27-17-16-26-20-27,21-10-4-1-5-11-21)22-12-6-2-7-13-22/h1-17,20H,18-19H2. The van der Waals surface area contributed by atoms with Crippen molar-refractivity contribution in [2.75, 3.05) is 6.61 Å². The van der Waals surface area contributed by atoms with Crippen molar-refractivity contribution >= 4 is 5.78 Å². The summed E-state index contributed by atoms with van der Waals surface area (Å²) in [6.45, 7) is 0.417. The van der Waals surface area contributed by atoms with Crippen LogP contribution in [0.1, 0.15) is 11.1 Å².